The molecule has 0 saturated carbocycles. The molecule has 0 N–H and O–H groups in total. The highest BCUT2D eigenvalue weighted by atomic mass is 32.1. The van der Waals surface area contributed by atoms with Gasteiger partial charge in [0.05, 0.1) is 4.88 Å². The van der Waals surface area contributed by atoms with E-state index in [0.29, 0.717) is 12.2 Å². The first-order valence-electron chi connectivity index (χ1n) is 7.01. The van der Waals surface area contributed by atoms with Crippen molar-refractivity contribution in [3.8, 4) is 0 Å². The molecular weight excluding hydrogens is 252 g/mol. The van der Waals surface area contributed by atoms with Gasteiger partial charge in [0.2, 0.25) is 0 Å². The van der Waals surface area contributed by atoms with Gasteiger partial charge < -0.3 is 0 Å². The van der Waals surface area contributed by atoms with Crippen LogP contribution in [0, 0.1) is 0 Å². The van der Waals surface area contributed by atoms with Crippen LogP contribution in [0.15, 0.2) is 36.4 Å². The lowest BCUT2D eigenvalue weighted by Gasteiger charge is -2.08. The molecule has 0 amide bonds. The summed E-state index contributed by atoms with van der Waals surface area (Å²) < 4.78 is 0. The van der Waals surface area contributed by atoms with Crippen molar-refractivity contribution in [2.24, 2.45) is 0 Å². The van der Waals surface area contributed by atoms with E-state index >= 15 is 0 Å². The van der Waals surface area contributed by atoms with Gasteiger partial charge >= 0.3 is 0 Å². The number of fused-ring (bicyclic) bond motifs is 1. The van der Waals surface area contributed by atoms with Gasteiger partial charge in [0.1, 0.15) is 0 Å². The van der Waals surface area contributed by atoms with Crippen molar-refractivity contribution in [1.29, 1.82) is 0 Å². The minimum absolute atomic E-state index is 0.309. The molecule has 98 valence electrons. The Morgan fingerprint density at radius 3 is 2.68 bits per heavy atom. The third kappa shape index (κ3) is 2.95. The summed E-state index contributed by atoms with van der Waals surface area (Å²) in [6.45, 7) is 0. The predicted molar refractivity (Wildman–Crippen MR) is 80.1 cm³/mol. The summed E-state index contributed by atoms with van der Waals surface area (Å²) in [5, 5.41) is 0. The zero-order valence-electron chi connectivity index (χ0n) is 11.0. The Balaban J connectivity index is 1.65. The van der Waals surface area contributed by atoms with Crippen LogP contribution in [-0.4, -0.2) is 5.78 Å². The molecular formula is C17H18OS. The first-order valence-corrected chi connectivity index (χ1v) is 7.83. The minimum Gasteiger partial charge on any atom is -0.293 e. The van der Waals surface area contributed by atoms with Crippen LogP contribution in [0.4, 0.5) is 0 Å². The maximum absolute atomic E-state index is 12.2. The molecule has 1 aliphatic rings. The standard InChI is InChI=1S/C17H18OS/c18-15(11-10-13-6-2-1-3-7-13)17-12-14-8-4-5-9-16(14)19-17/h1-3,6-7,12H,4-5,8-11H2. The highest BCUT2D eigenvalue weighted by Crippen LogP contribution is 2.30. The van der Waals surface area contributed by atoms with Crippen molar-refractivity contribution in [2.45, 2.75) is 38.5 Å². The third-order valence-corrected chi connectivity index (χ3v) is 5.03. The number of hydrogen-bond donors (Lipinski definition) is 0. The second-order valence-electron chi connectivity index (χ2n) is 5.17. The lowest BCUT2D eigenvalue weighted by atomic mass is 9.98. The van der Waals surface area contributed by atoms with E-state index in [1.807, 2.05) is 18.2 Å². The van der Waals surface area contributed by atoms with E-state index in [4.69, 9.17) is 0 Å². The van der Waals surface area contributed by atoms with Crippen molar-refractivity contribution in [2.75, 3.05) is 0 Å². The van der Waals surface area contributed by atoms with Crippen molar-refractivity contribution in [3.05, 3.63) is 57.3 Å². The van der Waals surface area contributed by atoms with Crippen LogP contribution >= 0.6 is 11.3 Å². The smallest absolute Gasteiger partial charge is 0.173 e. The van der Waals surface area contributed by atoms with E-state index < -0.39 is 0 Å². The fourth-order valence-corrected chi connectivity index (χ4v) is 3.87. The molecule has 0 spiro atoms. The molecule has 2 aromatic rings. The molecule has 19 heavy (non-hydrogen) atoms. The molecule has 0 radical (unpaired) electrons. The van der Waals surface area contributed by atoms with Gasteiger partial charge in [-0.15, -0.1) is 11.3 Å². The molecule has 1 aliphatic carbocycles. The number of rotatable bonds is 4. The van der Waals surface area contributed by atoms with E-state index in [2.05, 4.69) is 18.2 Å². The minimum atomic E-state index is 0.309. The number of carbonyl (C=O) groups is 1. The number of hydrogen-bond acceptors (Lipinski definition) is 2. The fourth-order valence-electron chi connectivity index (χ4n) is 2.65. The molecule has 0 fully saturated rings. The second kappa shape index (κ2) is 5.70. The van der Waals surface area contributed by atoms with Crippen LogP contribution in [0.25, 0.3) is 0 Å². The van der Waals surface area contributed by atoms with Gasteiger partial charge in [-0.25, -0.2) is 0 Å². The molecule has 1 aromatic heterocycles. The van der Waals surface area contributed by atoms with E-state index in [0.717, 1.165) is 17.7 Å². The van der Waals surface area contributed by atoms with Gasteiger partial charge in [0, 0.05) is 11.3 Å². The molecule has 0 unspecified atom stereocenters. The molecule has 0 atom stereocenters. The number of carbonyl (C=O) groups excluding carboxylic acids is 1. The molecule has 1 heterocycles. The van der Waals surface area contributed by atoms with E-state index in [1.165, 1.54) is 35.3 Å². The topological polar surface area (TPSA) is 17.1 Å². The van der Waals surface area contributed by atoms with E-state index in [1.54, 1.807) is 11.3 Å². The molecule has 3 rings (SSSR count). The lowest BCUT2D eigenvalue weighted by Crippen LogP contribution is -1.98. The summed E-state index contributed by atoms with van der Waals surface area (Å²) >= 11 is 1.73. The van der Waals surface area contributed by atoms with Crippen LogP contribution in [0.2, 0.25) is 0 Å². The Hall–Kier alpha value is -1.41. The monoisotopic (exact) mass is 270 g/mol. The normalized spacial score (nSPS) is 14.1. The largest absolute Gasteiger partial charge is 0.293 e. The maximum atomic E-state index is 12.2. The molecule has 1 nitrogen and oxygen atoms in total. The molecule has 0 saturated heterocycles. The number of thiophene rings is 1. The summed E-state index contributed by atoms with van der Waals surface area (Å²) in [6.07, 6.45) is 6.38. The Kier molecular flexibility index (Phi) is 3.79. The number of Topliss-reactive ketones (excluding diaryl/α,β-unsaturated/α-hetero) is 1. The Labute approximate surface area is 118 Å². The molecule has 0 bridgehead atoms. The summed E-state index contributed by atoms with van der Waals surface area (Å²) in [7, 11) is 0. The first-order chi connectivity index (χ1) is 9.33. The van der Waals surface area contributed by atoms with Crippen LogP contribution in [0.5, 0.6) is 0 Å². The molecule has 1 aromatic carbocycles. The van der Waals surface area contributed by atoms with Crippen LogP contribution in [0.3, 0.4) is 0 Å². The van der Waals surface area contributed by atoms with E-state index in [-0.39, 0.29) is 0 Å². The Morgan fingerprint density at radius 1 is 1.11 bits per heavy atom. The SMILES string of the molecule is O=C(CCc1ccccc1)c1cc2c(s1)CCCC2. The molecule has 0 aliphatic heterocycles. The average Bonchev–Trinajstić information content (AvgIpc) is 2.90. The predicted octanol–water partition coefficient (Wildman–Crippen LogP) is 4.44. The van der Waals surface area contributed by atoms with Crippen molar-refractivity contribution in [3.63, 3.8) is 0 Å². The van der Waals surface area contributed by atoms with Crippen molar-refractivity contribution >= 4 is 17.1 Å². The van der Waals surface area contributed by atoms with E-state index in [9.17, 15) is 4.79 Å². The number of aryl methyl sites for hydroxylation is 3. The molecule has 2 heteroatoms. The van der Waals surface area contributed by atoms with Crippen molar-refractivity contribution < 1.29 is 4.79 Å². The first kappa shape index (κ1) is 12.6. The fraction of sp³-hybridized carbons (Fsp3) is 0.353. The quantitative estimate of drug-likeness (QED) is 0.750. The van der Waals surface area contributed by atoms with Gasteiger partial charge in [0.25, 0.3) is 0 Å². The maximum Gasteiger partial charge on any atom is 0.173 e. The highest BCUT2D eigenvalue weighted by Gasteiger charge is 2.16. The summed E-state index contributed by atoms with van der Waals surface area (Å²) in [4.78, 5) is 14.7. The van der Waals surface area contributed by atoms with Gasteiger partial charge in [-0.1, -0.05) is 30.3 Å². The van der Waals surface area contributed by atoms with Gasteiger partial charge in [0.15, 0.2) is 5.78 Å². The third-order valence-electron chi connectivity index (χ3n) is 3.75. The zero-order chi connectivity index (χ0) is 13.1. The Bertz CT molecular complexity index is 545. The number of ketones is 1. The number of benzene rings is 1. The van der Waals surface area contributed by atoms with Crippen LogP contribution in [0.1, 0.15) is 44.9 Å². The van der Waals surface area contributed by atoms with Crippen LogP contribution in [-0.2, 0) is 19.3 Å². The van der Waals surface area contributed by atoms with Gasteiger partial charge in [-0.3, -0.25) is 4.79 Å². The highest BCUT2D eigenvalue weighted by molar-refractivity contribution is 7.14. The van der Waals surface area contributed by atoms with Crippen LogP contribution < -0.4 is 0 Å². The Morgan fingerprint density at radius 2 is 1.89 bits per heavy atom. The lowest BCUT2D eigenvalue weighted by molar-refractivity contribution is 0.0986. The summed E-state index contributed by atoms with van der Waals surface area (Å²) in [5.41, 5.74) is 2.68. The second-order valence-corrected chi connectivity index (χ2v) is 6.31. The average molecular weight is 270 g/mol. The summed E-state index contributed by atoms with van der Waals surface area (Å²) in [5.74, 6) is 0.309. The zero-order valence-corrected chi connectivity index (χ0v) is 11.8. The van der Waals surface area contributed by atoms with Gasteiger partial charge in [-0.05, 0) is 49.3 Å². The van der Waals surface area contributed by atoms with Gasteiger partial charge in [-0.2, -0.15) is 0 Å². The summed E-state index contributed by atoms with van der Waals surface area (Å²) in [6, 6.07) is 12.4. The van der Waals surface area contributed by atoms with Crippen molar-refractivity contribution in [1.82, 2.24) is 0 Å².